The van der Waals surface area contributed by atoms with Crippen molar-refractivity contribution in [3.63, 3.8) is 0 Å². The average molecular weight is 968 g/mol. The minimum absolute atomic E-state index is 0. The molecule has 0 aromatic heterocycles. The van der Waals surface area contributed by atoms with Gasteiger partial charge in [-0.05, 0) is 75.7 Å². The van der Waals surface area contributed by atoms with Gasteiger partial charge >= 0.3 is 24.1 Å². The average Bonchev–Trinajstić information content (AvgIpc) is 3.22. The highest BCUT2D eigenvalue weighted by atomic mass is 16.6. The van der Waals surface area contributed by atoms with Crippen molar-refractivity contribution in [3.05, 3.63) is 52.2 Å². The van der Waals surface area contributed by atoms with E-state index in [4.69, 9.17) is 53.1 Å². The van der Waals surface area contributed by atoms with Crippen LogP contribution in [-0.4, -0.2) is 184 Å². The smallest absolute Gasteiger partial charge is 0.411 e. The van der Waals surface area contributed by atoms with Crippen molar-refractivity contribution >= 4 is 47.8 Å². The van der Waals surface area contributed by atoms with Crippen LogP contribution in [0, 0.1) is 0 Å². The van der Waals surface area contributed by atoms with Crippen LogP contribution in [0.3, 0.4) is 0 Å². The Bertz CT molecular complexity index is 1740. The lowest BCUT2D eigenvalue weighted by Gasteiger charge is -2.26. The molecule has 0 saturated heterocycles. The van der Waals surface area contributed by atoms with Crippen molar-refractivity contribution in [2.75, 3.05) is 105 Å². The van der Waals surface area contributed by atoms with Gasteiger partial charge in [-0.25, -0.2) is 9.59 Å². The summed E-state index contributed by atoms with van der Waals surface area (Å²) in [4.78, 5) is 105. The molecule has 0 bridgehead atoms. The lowest BCUT2D eigenvalue weighted by Crippen LogP contribution is -2.48. The van der Waals surface area contributed by atoms with Gasteiger partial charge < -0.3 is 46.7 Å². The van der Waals surface area contributed by atoms with Crippen LogP contribution in [0.1, 0.15) is 48.7 Å². The van der Waals surface area contributed by atoms with E-state index in [1.165, 1.54) is 0 Å². The standard InChI is InChI=1S/C13H23N9O4.C9H15NO6.C8H15N9O2.C2H6N4.5H2/c1-13(2,3)26-12(25)22(8-10(23)16-4-6-18-20-14)9-11(24)17-5-7-19-21-15;1-9(2,3)16-8(15)10(4-6(11)12)5-7(13)14;9-16-14-3-1-12-7(18)5-11-6-8(19)13-2-4-15-17-10;3-1-2-5-6-4;;;;;/h4-9H2,1-3H3,(H,16,23)(H,17,24);4-5H2,1-3H3,(H,11,12)(H,13,14);11H,1-6H2,(H,12,18)(H,13,19);1-3H2;5*1H. The quantitative estimate of drug-likeness (QED) is 0.0267. The van der Waals surface area contributed by atoms with E-state index >= 15 is 0 Å². The van der Waals surface area contributed by atoms with Gasteiger partial charge in [0, 0.05) is 90.6 Å². The van der Waals surface area contributed by atoms with Gasteiger partial charge in [0.15, 0.2) is 0 Å². The number of rotatable bonds is 26. The maximum atomic E-state index is 12.2. The summed E-state index contributed by atoms with van der Waals surface area (Å²) in [5.74, 6) is -4.26. The number of hydrogen-bond donors (Lipinski definition) is 8. The number of carboxylic acids is 2. The van der Waals surface area contributed by atoms with Gasteiger partial charge in [-0.1, -0.05) is 25.6 Å². The number of carbonyl (C=O) groups is 8. The minimum Gasteiger partial charge on any atom is -0.480 e. The van der Waals surface area contributed by atoms with Crippen LogP contribution in [0.25, 0.3) is 52.2 Å². The minimum atomic E-state index is -1.30. The fourth-order valence-corrected chi connectivity index (χ4v) is 3.49. The Hall–Kier alpha value is -8.17. The second kappa shape index (κ2) is 41.8. The molecular weight excluding hydrogens is 899 g/mol. The van der Waals surface area contributed by atoms with Gasteiger partial charge in [0.1, 0.15) is 37.4 Å². The Labute approximate surface area is 390 Å². The van der Waals surface area contributed by atoms with E-state index < -0.39 is 73.3 Å². The molecule has 0 aromatic rings. The molecule has 0 radical (unpaired) electrons. The first kappa shape index (κ1) is 65.4. The molecule has 6 amide bonds. The van der Waals surface area contributed by atoms with Gasteiger partial charge in [-0.3, -0.25) is 43.9 Å². The van der Waals surface area contributed by atoms with Crippen molar-refractivity contribution in [2.24, 2.45) is 31.3 Å². The predicted molar refractivity (Wildman–Crippen MR) is 245 cm³/mol. The van der Waals surface area contributed by atoms with Crippen molar-refractivity contribution in [1.82, 2.24) is 36.4 Å². The Morgan fingerprint density at radius 3 is 1.01 bits per heavy atom. The predicted octanol–water partition coefficient (Wildman–Crippen LogP) is 2.38. The number of aliphatic carboxylic acids is 2. The van der Waals surface area contributed by atoms with Crippen LogP contribution in [0.15, 0.2) is 25.6 Å². The number of nitrogens with two attached hydrogens (primary N) is 1. The first-order valence-electron chi connectivity index (χ1n) is 19.3. The largest absolute Gasteiger partial charge is 0.480 e. The highest BCUT2D eigenvalue weighted by Gasteiger charge is 2.27. The van der Waals surface area contributed by atoms with Crippen LogP contribution in [0.5, 0.6) is 0 Å². The zero-order valence-corrected chi connectivity index (χ0v) is 38.0. The van der Waals surface area contributed by atoms with Gasteiger partial charge in [0.05, 0.1) is 13.1 Å². The Kier molecular flexibility index (Phi) is 40.8. The topological polar surface area (TPSA) is 532 Å². The fraction of sp³-hybridized carbons (Fsp3) is 0.750. The first-order valence-corrected chi connectivity index (χ1v) is 19.3. The Balaban J connectivity index is -0.000000110. The monoisotopic (exact) mass is 968 g/mol. The molecule has 0 aliphatic rings. The number of amides is 6. The zero-order chi connectivity index (χ0) is 52.1. The summed E-state index contributed by atoms with van der Waals surface area (Å²) in [5.41, 5.74) is 43.3. The molecule has 0 saturated carbocycles. The van der Waals surface area contributed by atoms with Gasteiger partial charge in [-0.2, -0.15) is 0 Å². The van der Waals surface area contributed by atoms with Crippen molar-refractivity contribution in [1.29, 1.82) is 0 Å². The molecule has 0 fully saturated rings. The van der Waals surface area contributed by atoms with Crippen LogP contribution in [0.4, 0.5) is 9.59 Å². The van der Waals surface area contributed by atoms with Crippen molar-refractivity contribution < 1.29 is 65.2 Å². The molecule has 0 aromatic carbocycles. The summed E-state index contributed by atoms with van der Waals surface area (Å²) in [6, 6.07) is 0. The van der Waals surface area contributed by atoms with E-state index in [0.29, 0.717) is 18.0 Å². The summed E-state index contributed by atoms with van der Waals surface area (Å²) >= 11 is 0. The van der Waals surface area contributed by atoms with Crippen LogP contribution in [-0.2, 0) is 38.2 Å². The number of carboxylic acid groups (broad SMARTS) is 2. The molecule has 0 heterocycles. The molecule has 9 N–H and O–H groups in total. The summed E-state index contributed by atoms with van der Waals surface area (Å²) in [6.07, 6.45) is -1.79. The van der Waals surface area contributed by atoms with Gasteiger partial charge in [0.2, 0.25) is 23.6 Å². The summed E-state index contributed by atoms with van der Waals surface area (Å²) in [6.45, 7) is 9.55. The van der Waals surface area contributed by atoms with E-state index in [1.54, 1.807) is 41.5 Å². The van der Waals surface area contributed by atoms with Gasteiger partial charge in [0.25, 0.3) is 0 Å². The third-order valence-corrected chi connectivity index (χ3v) is 5.88. The molecule has 0 aliphatic heterocycles. The number of carbonyl (C=O) groups excluding carboxylic acids is 6. The molecule has 0 unspecified atom stereocenters. The number of nitrogens with one attached hydrogen (secondary N) is 5. The van der Waals surface area contributed by atoms with Crippen LogP contribution in [0.2, 0.25) is 0 Å². The third-order valence-electron chi connectivity index (χ3n) is 5.88. The second-order valence-electron chi connectivity index (χ2n) is 14.0. The maximum Gasteiger partial charge on any atom is 0.411 e. The lowest BCUT2D eigenvalue weighted by molar-refractivity contribution is -0.141. The van der Waals surface area contributed by atoms with E-state index in [-0.39, 0.29) is 84.4 Å². The molecule has 35 heteroatoms. The molecule has 67 heavy (non-hydrogen) atoms. The van der Waals surface area contributed by atoms with E-state index in [1.807, 2.05) is 0 Å². The van der Waals surface area contributed by atoms with Crippen molar-refractivity contribution in [3.8, 4) is 0 Å². The van der Waals surface area contributed by atoms with E-state index in [9.17, 15) is 38.4 Å². The molecule has 0 aliphatic carbocycles. The number of nitrogens with zero attached hydrogens (tertiary/aromatic N) is 17. The molecule has 0 rings (SSSR count). The molecular formula is C32H69N23O12. The zero-order valence-electron chi connectivity index (χ0n) is 38.0. The third kappa shape index (κ3) is 52.1. The molecule has 384 valence electrons. The molecule has 35 nitrogen and oxygen atoms in total. The Morgan fingerprint density at radius 1 is 0.507 bits per heavy atom. The van der Waals surface area contributed by atoms with Gasteiger partial charge in [-0.15, -0.1) is 0 Å². The summed E-state index contributed by atoms with van der Waals surface area (Å²) in [5, 5.41) is 45.7. The van der Waals surface area contributed by atoms with E-state index in [2.05, 4.69) is 76.7 Å². The first-order chi connectivity index (χ1) is 31.4. The normalized spacial score (nSPS) is 9.54. The number of hydrogen-bond acceptors (Lipinski definition) is 17. The van der Waals surface area contributed by atoms with Crippen molar-refractivity contribution in [2.45, 2.75) is 52.7 Å². The highest BCUT2D eigenvalue weighted by Crippen LogP contribution is 2.11. The second-order valence-corrected chi connectivity index (χ2v) is 14.0. The summed E-state index contributed by atoms with van der Waals surface area (Å²) < 4.78 is 10.0. The van der Waals surface area contributed by atoms with E-state index in [0.717, 1.165) is 4.90 Å². The number of ether oxygens (including phenoxy) is 2. The molecule has 0 atom stereocenters. The highest BCUT2D eigenvalue weighted by molar-refractivity contribution is 5.87. The fourth-order valence-electron chi connectivity index (χ4n) is 3.49. The SMILES string of the molecule is CC(C)(C)OC(=O)N(CC(=O)NCCN=[N+]=[N-])CC(=O)NCCN=[N+]=[N-].CC(C)(C)OC(=O)N(CC(=O)O)CC(=O)O.[HH].[HH].[HH].[HH].[HH].[N-]=[N+]=NCCN.[N-]=[N+]=NCCNC(=O)CNCC(=O)NCCN=[N+]=[N-]. The lowest BCUT2D eigenvalue weighted by atomic mass is 10.2. The summed E-state index contributed by atoms with van der Waals surface area (Å²) in [7, 11) is 0. The molecule has 0 spiro atoms. The maximum absolute atomic E-state index is 12.2. The van der Waals surface area contributed by atoms with Crippen LogP contribution >= 0.6 is 0 Å². The number of azide groups is 5. The van der Waals surface area contributed by atoms with Crippen LogP contribution < -0.4 is 32.3 Å². The Morgan fingerprint density at radius 2 is 0.776 bits per heavy atom.